The Kier molecular flexibility index (Phi) is 3.65. The predicted molar refractivity (Wildman–Crippen MR) is 105 cm³/mol. The lowest BCUT2D eigenvalue weighted by atomic mass is 9.48. The highest BCUT2D eigenvalue weighted by molar-refractivity contribution is 5.92. The summed E-state index contributed by atoms with van der Waals surface area (Å²) in [5.41, 5.74) is 0.225. The Bertz CT molecular complexity index is 822. The number of ketones is 2. The van der Waals surface area contributed by atoms with E-state index in [1.807, 2.05) is 19.9 Å². The number of rotatable bonds is 1. The molecule has 0 bridgehead atoms. The first-order chi connectivity index (χ1) is 13.0. The number of fused-ring (bicyclic) bond motifs is 7. The van der Waals surface area contributed by atoms with Gasteiger partial charge in [0.2, 0.25) is 0 Å². The van der Waals surface area contributed by atoms with Crippen molar-refractivity contribution in [2.45, 2.75) is 84.2 Å². The second-order valence-electron chi connectivity index (χ2n) is 10.7. The standard InChI is InChI=1S/C24H32O4/c1-14(25)24-20(27-21(2,3)28-24)13-19-17-7-6-15-12-16(26)8-10-22(15,4)18(17)9-11-23(19,24)5/h6-7,12,17-20H,8-11,13H2,1-5H3. The van der Waals surface area contributed by atoms with Gasteiger partial charge >= 0.3 is 0 Å². The van der Waals surface area contributed by atoms with Gasteiger partial charge < -0.3 is 9.47 Å². The van der Waals surface area contributed by atoms with Crippen LogP contribution in [0, 0.1) is 28.6 Å². The molecular formula is C24H32O4. The first-order valence-electron chi connectivity index (χ1n) is 10.9. The van der Waals surface area contributed by atoms with E-state index >= 15 is 0 Å². The number of allylic oxidation sites excluding steroid dienone is 4. The molecule has 1 saturated heterocycles. The highest BCUT2D eigenvalue weighted by Gasteiger charge is 2.74. The SMILES string of the molecule is CC(=O)C12OC(C)(C)OC1CC1C3C=CC4=CC(=O)CCC4(C)C3CCC12C. The fourth-order valence-corrected chi connectivity index (χ4v) is 7.75. The highest BCUT2D eigenvalue weighted by Crippen LogP contribution is 2.69. The summed E-state index contributed by atoms with van der Waals surface area (Å²) in [7, 11) is 0. The fraction of sp³-hybridized carbons (Fsp3) is 0.750. The van der Waals surface area contributed by atoms with E-state index in [0.717, 1.165) is 25.7 Å². The zero-order valence-corrected chi connectivity index (χ0v) is 17.7. The zero-order valence-electron chi connectivity index (χ0n) is 17.7. The van der Waals surface area contributed by atoms with Crippen LogP contribution in [0.4, 0.5) is 0 Å². The number of ether oxygens (including phenoxy) is 2. The van der Waals surface area contributed by atoms with Crippen LogP contribution in [0.15, 0.2) is 23.8 Å². The molecule has 0 aromatic rings. The minimum absolute atomic E-state index is 0.0662. The van der Waals surface area contributed by atoms with Crippen LogP contribution in [0.2, 0.25) is 0 Å². The van der Waals surface area contributed by atoms with E-state index in [0.29, 0.717) is 24.2 Å². The van der Waals surface area contributed by atoms with Gasteiger partial charge in [0.15, 0.2) is 23.0 Å². The van der Waals surface area contributed by atoms with E-state index in [2.05, 4.69) is 26.0 Å². The summed E-state index contributed by atoms with van der Waals surface area (Å²) in [5.74, 6) is 0.947. The van der Waals surface area contributed by atoms with E-state index in [-0.39, 0.29) is 28.5 Å². The molecule has 5 aliphatic rings. The Balaban J connectivity index is 1.58. The average Bonchev–Trinajstić information content (AvgIpc) is 3.02. The van der Waals surface area contributed by atoms with Crippen molar-refractivity contribution in [3.05, 3.63) is 23.8 Å². The number of hydrogen-bond donors (Lipinski definition) is 0. The molecule has 0 radical (unpaired) electrons. The molecule has 7 atom stereocenters. The molecular weight excluding hydrogens is 352 g/mol. The minimum atomic E-state index is -0.834. The van der Waals surface area contributed by atoms with E-state index in [9.17, 15) is 9.59 Å². The molecule has 2 saturated carbocycles. The zero-order chi connectivity index (χ0) is 20.1. The van der Waals surface area contributed by atoms with Crippen molar-refractivity contribution < 1.29 is 19.1 Å². The van der Waals surface area contributed by atoms with Crippen LogP contribution in [-0.2, 0) is 19.1 Å². The Morgan fingerprint density at radius 3 is 2.61 bits per heavy atom. The highest BCUT2D eigenvalue weighted by atomic mass is 16.8. The van der Waals surface area contributed by atoms with Gasteiger partial charge in [0.25, 0.3) is 0 Å². The second kappa shape index (κ2) is 5.46. The molecule has 7 unspecified atom stereocenters. The van der Waals surface area contributed by atoms with Crippen LogP contribution in [0.5, 0.6) is 0 Å². The molecule has 1 heterocycles. The first-order valence-corrected chi connectivity index (χ1v) is 10.9. The van der Waals surface area contributed by atoms with Gasteiger partial charge in [0, 0.05) is 11.8 Å². The summed E-state index contributed by atoms with van der Waals surface area (Å²) in [5, 5.41) is 0. The van der Waals surface area contributed by atoms with Crippen molar-refractivity contribution in [2.75, 3.05) is 0 Å². The van der Waals surface area contributed by atoms with Crippen LogP contribution in [0.3, 0.4) is 0 Å². The molecule has 0 spiro atoms. The lowest BCUT2D eigenvalue weighted by Crippen LogP contribution is -2.59. The molecule has 4 nitrogen and oxygen atoms in total. The summed E-state index contributed by atoms with van der Waals surface area (Å²) in [6, 6.07) is 0. The Hall–Kier alpha value is -1.26. The molecule has 0 N–H and O–H groups in total. The van der Waals surface area contributed by atoms with Gasteiger partial charge in [-0.15, -0.1) is 0 Å². The third-order valence-electron chi connectivity index (χ3n) is 9.03. The summed E-state index contributed by atoms with van der Waals surface area (Å²) in [4.78, 5) is 25.0. The molecule has 4 heteroatoms. The Morgan fingerprint density at radius 2 is 1.89 bits per heavy atom. The normalized spacial score (nSPS) is 51.0. The largest absolute Gasteiger partial charge is 0.344 e. The lowest BCUT2D eigenvalue weighted by molar-refractivity contribution is -0.210. The first kappa shape index (κ1) is 18.7. The quantitative estimate of drug-likeness (QED) is 0.673. The van der Waals surface area contributed by atoms with Crippen molar-refractivity contribution in [1.82, 2.24) is 0 Å². The fourth-order valence-electron chi connectivity index (χ4n) is 7.75. The van der Waals surface area contributed by atoms with Gasteiger partial charge in [-0.05, 0) is 81.3 Å². The summed E-state index contributed by atoms with van der Waals surface area (Å²) < 4.78 is 12.8. The molecule has 0 amide bonds. The van der Waals surface area contributed by atoms with Gasteiger partial charge in [-0.25, -0.2) is 0 Å². The van der Waals surface area contributed by atoms with Gasteiger partial charge in [0.1, 0.15) is 0 Å². The second-order valence-corrected chi connectivity index (χ2v) is 10.7. The molecule has 4 aliphatic carbocycles. The van der Waals surface area contributed by atoms with E-state index < -0.39 is 11.4 Å². The monoisotopic (exact) mass is 384 g/mol. The number of carbonyl (C=O) groups excluding carboxylic acids is 2. The molecule has 1 aliphatic heterocycles. The summed E-state index contributed by atoms with van der Waals surface area (Å²) in [6.07, 6.45) is 10.7. The van der Waals surface area contributed by atoms with Crippen LogP contribution < -0.4 is 0 Å². The Labute approximate surface area is 167 Å². The maximum Gasteiger partial charge on any atom is 0.164 e. The number of carbonyl (C=O) groups is 2. The van der Waals surface area contributed by atoms with Crippen molar-refractivity contribution in [1.29, 1.82) is 0 Å². The Morgan fingerprint density at radius 1 is 1.14 bits per heavy atom. The third-order valence-corrected chi connectivity index (χ3v) is 9.03. The predicted octanol–water partition coefficient (Wildman–Crippen LogP) is 4.38. The van der Waals surface area contributed by atoms with E-state index in [4.69, 9.17) is 9.47 Å². The van der Waals surface area contributed by atoms with Gasteiger partial charge in [-0.1, -0.05) is 26.0 Å². The molecule has 5 rings (SSSR count). The van der Waals surface area contributed by atoms with Gasteiger partial charge in [-0.2, -0.15) is 0 Å². The van der Waals surface area contributed by atoms with E-state index in [1.165, 1.54) is 5.57 Å². The molecule has 3 fully saturated rings. The maximum absolute atomic E-state index is 13.0. The van der Waals surface area contributed by atoms with Crippen LogP contribution in [0.1, 0.15) is 66.7 Å². The van der Waals surface area contributed by atoms with Crippen LogP contribution in [0.25, 0.3) is 0 Å². The average molecular weight is 385 g/mol. The molecule has 0 aromatic heterocycles. The minimum Gasteiger partial charge on any atom is -0.344 e. The number of hydrogen-bond acceptors (Lipinski definition) is 4. The van der Waals surface area contributed by atoms with Crippen molar-refractivity contribution in [3.63, 3.8) is 0 Å². The van der Waals surface area contributed by atoms with Gasteiger partial charge in [-0.3, -0.25) is 9.59 Å². The number of Topliss-reactive ketones (excluding diaryl/α,β-unsaturated/α-hetero) is 1. The van der Waals surface area contributed by atoms with Crippen molar-refractivity contribution >= 4 is 11.6 Å². The van der Waals surface area contributed by atoms with Crippen molar-refractivity contribution in [2.24, 2.45) is 28.6 Å². The summed E-state index contributed by atoms with van der Waals surface area (Å²) >= 11 is 0. The van der Waals surface area contributed by atoms with E-state index in [1.54, 1.807) is 6.92 Å². The molecule has 152 valence electrons. The van der Waals surface area contributed by atoms with Crippen molar-refractivity contribution in [3.8, 4) is 0 Å². The molecule has 28 heavy (non-hydrogen) atoms. The summed E-state index contributed by atoms with van der Waals surface area (Å²) in [6.45, 7) is 10.2. The van der Waals surface area contributed by atoms with Gasteiger partial charge in [0.05, 0.1) is 6.10 Å². The van der Waals surface area contributed by atoms with Crippen LogP contribution >= 0.6 is 0 Å². The lowest BCUT2D eigenvalue weighted by Gasteiger charge is -2.57. The third kappa shape index (κ3) is 2.09. The smallest absolute Gasteiger partial charge is 0.164 e. The maximum atomic E-state index is 13.0. The topological polar surface area (TPSA) is 52.6 Å². The molecule has 0 aromatic carbocycles. The van der Waals surface area contributed by atoms with Crippen LogP contribution in [-0.4, -0.2) is 29.1 Å².